The number of halogens is 4. The number of nitrogens with zero attached hydrogens (tertiary/aromatic N) is 1. The van der Waals surface area contributed by atoms with Crippen molar-refractivity contribution in [2.24, 2.45) is 0 Å². The molecular weight excluding hydrogens is 333 g/mol. The SMILES string of the molecule is Cc1ccnc(NCc2cccc(C(F)(F)F)c2)c1Br. The molecule has 0 aliphatic carbocycles. The molecule has 106 valence electrons. The van der Waals surface area contributed by atoms with Gasteiger partial charge in [-0.1, -0.05) is 12.1 Å². The minimum atomic E-state index is -4.32. The molecule has 0 fully saturated rings. The summed E-state index contributed by atoms with van der Waals surface area (Å²) in [7, 11) is 0. The van der Waals surface area contributed by atoms with Crippen molar-refractivity contribution in [1.82, 2.24) is 4.98 Å². The first kappa shape index (κ1) is 14.8. The van der Waals surface area contributed by atoms with E-state index in [1.807, 2.05) is 13.0 Å². The highest BCUT2D eigenvalue weighted by Crippen LogP contribution is 2.30. The second kappa shape index (κ2) is 5.83. The van der Waals surface area contributed by atoms with Crippen LogP contribution in [-0.2, 0) is 12.7 Å². The van der Waals surface area contributed by atoms with Gasteiger partial charge in [-0.15, -0.1) is 0 Å². The van der Waals surface area contributed by atoms with Crippen LogP contribution in [0.15, 0.2) is 41.0 Å². The molecule has 0 unspecified atom stereocenters. The summed E-state index contributed by atoms with van der Waals surface area (Å²) in [5.74, 6) is 0.613. The van der Waals surface area contributed by atoms with E-state index in [9.17, 15) is 13.2 Å². The van der Waals surface area contributed by atoms with Crippen molar-refractivity contribution >= 4 is 21.7 Å². The summed E-state index contributed by atoms with van der Waals surface area (Å²) < 4.78 is 38.6. The Kier molecular flexibility index (Phi) is 4.32. The fourth-order valence-corrected chi connectivity index (χ4v) is 2.08. The number of rotatable bonds is 3. The molecule has 0 bridgehead atoms. The molecule has 0 saturated heterocycles. The molecule has 0 aliphatic heterocycles. The van der Waals surface area contributed by atoms with Crippen LogP contribution in [0, 0.1) is 6.92 Å². The van der Waals surface area contributed by atoms with E-state index in [-0.39, 0.29) is 6.54 Å². The molecule has 0 spiro atoms. The van der Waals surface area contributed by atoms with Gasteiger partial charge in [0.2, 0.25) is 0 Å². The lowest BCUT2D eigenvalue weighted by Gasteiger charge is -2.11. The average molecular weight is 345 g/mol. The van der Waals surface area contributed by atoms with Gasteiger partial charge in [0.1, 0.15) is 5.82 Å². The summed E-state index contributed by atoms with van der Waals surface area (Å²) in [6, 6.07) is 7.09. The number of aromatic nitrogens is 1. The summed E-state index contributed by atoms with van der Waals surface area (Å²) in [5.41, 5.74) is 0.912. The zero-order valence-corrected chi connectivity index (χ0v) is 12.2. The van der Waals surface area contributed by atoms with Gasteiger partial charge in [-0.3, -0.25) is 0 Å². The highest BCUT2D eigenvalue weighted by atomic mass is 79.9. The Morgan fingerprint density at radius 3 is 2.70 bits per heavy atom. The molecule has 20 heavy (non-hydrogen) atoms. The van der Waals surface area contributed by atoms with E-state index < -0.39 is 11.7 Å². The summed E-state index contributed by atoms with van der Waals surface area (Å²) in [6.07, 6.45) is -2.67. The van der Waals surface area contributed by atoms with E-state index in [1.165, 1.54) is 6.07 Å². The lowest BCUT2D eigenvalue weighted by Crippen LogP contribution is -2.07. The van der Waals surface area contributed by atoms with Crippen molar-refractivity contribution in [3.63, 3.8) is 0 Å². The number of hydrogen-bond donors (Lipinski definition) is 1. The third kappa shape index (κ3) is 3.50. The van der Waals surface area contributed by atoms with Gasteiger partial charge in [0, 0.05) is 12.7 Å². The van der Waals surface area contributed by atoms with Crippen molar-refractivity contribution < 1.29 is 13.2 Å². The van der Waals surface area contributed by atoms with E-state index in [0.717, 1.165) is 22.2 Å². The normalized spacial score (nSPS) is 11.4. The number of hydrogen-bond acceptors (Lipinski definition) is 2. The zero-order valence-electron chi connectivity index (χ0n) is 10.6. The lowest BCUT2D eigenvalue weighted by atomic mass is 10.1. The minimum absolute atomic E-state index is 0.277. The summed E-state index contributed by atoms with van der Waals surface area (Å²) >= 11 is 3.39. The van der Waals surface area contributed by atoms with E-state index >= 15 is 0 Å². The maximum atomic E-state index is 12.6. The smallest absolute Gasteiger partial charge is 0.365 e. The van der Waals surface area contributed by atoms with Gasteiger partial charge in [-0.05, 0) is 52.2 Å². The Morgan fingerprint density at radius 1 is 1.25 bits per heavy atom. The van der Waals surface area contributed by atoms with E-state index in [2.05, 4.69) is 26.2 Å². The van der Waals surface area contributed by atoms with Gasteiger partial charge in [0.25, 0.3) is 0 Å². The van der Waals surface area contributed by atoms with Crippen molar-refractivity contribution in [2.45, 2.75) is 19.6 Å². The summed E-state index contributed by atoms with van der Waals surface area (Å²) in [5, 5.41) is 3.02. The van der Waals surface area contributed by atoms with Crippen LogP contribution in [-0.4, -0.2) is 4.98 Å². The third-order valence-corrected chi connectivity index (χ3v) is 3.80. The topological polar surface area (TPSA) is 24.9 Å². The first-order valence-electron chi connectivity index (χ1n) is 5.89. The van der Waals surface area contributed by atoms with Crippen molar-refractivity contribution in [3.8, 4) is 0 Å². The molecule has 1 aromatic carbocycles. The van der Waals surface area contributed by atoms with Crippen LogP contribution in [0.3, 0.4) is 0 Å². The number of benzene rings is 1. The van der Waals surface area contributed by atoms with Crippen LogP contribution >= 0.6 is 15.9 Å². The Morgan fingerprint density at radius 2 is 2.00 bits per heavy atom. The number of alkyl halides is 3. The standard InChI is InChI=1S/C14H12BrF3N2/c1-9-5-6-19-13(12(9)15)20-8-10-3-2-4-11(7-10)14(16,17)18/h2-7H,8H2,1H3,(H,19,20). The number of nitrogens with one attached hydrogen (secondary N) is 1. The molecule has 6 heteroatoms. The molecule has 2 nitrogen and oxygen atoms in total. The van der Waals surface area contributed by atoms with Crippen LogP contribution < -0.4 is 5.32 Å². The van der Waals surface area contributed by atoms with E-state index in [0.29, 0.717) is 11.4 Å². The van der Waals surface area contributed by atoms with Crippen LogP contribution in [0.25, 0.3) is 0 Å². The number of aryl methyl sites for hydroxylation is 1. The average Bonchev–Trinajstić information content (AvgIpc) is 2.40. The molecule has 0 amide bonds. The summed E-state index contributed by atoms with van der Waals surface area (Å²) in [4.78, 5) is 4.15. The first-order valence-corrected chi connectivity index (χ1v) is 6.68. The Bertz CT molecular complexity index is 612. The quantitative estimate of drug-likeness (QED) is 0.866. The van der Waals surface area contributed by atoms with Gasteiger partial charge in [0.05, 0.1) is 10.0 Å². The highest BCUT2D eigenvalue weighted by Gasteiger charge is 2.30. The fraction of sp³-hybridized carbons (Fsp3) is 0.214. The molecule has 2 rings (SSSR count). The molecule has 1 heterocycles. The Balaban J connectivity index is 2.13. The highest BCUT2D eigenvalue weighted by molar-refractivity contribution is 9.10. The van der Waals surface area contributed by atoms with Crippen molar-refractivity contribution in [3.05, 3.63) is 57.7 Å². The minimum Gasteiger partial charge on any atom is -0.365 e. The second-order valence-corrected chi connectivity index (χ2v) is 5.14. The molecule has 0 aliphatic rings. The van der Waals surface area contributed by atoms with Crippen molar-refractivity contribution in [1.29, 1.82) is 0 Å². The molecular formula is C14H12BrF3N2. The van der Waals surface area contributed by atoms with Gasteiger partial charge in [-0.25, -0.2) is 4.98 Å². The predicted octanol–water partition coefficient (Wildman–Crippen LogP) is 4.78. The second-order valence-electron chi connectivity index (χ2n) is 4.34. The van der Waals surface area contributed by atoms with Crippen LogP contribution in [0.1, 0.15) is 16.7 Å². The summed E-state index contributed by atoms with van der Waals surface area (Å²) in [6.45, 7) is 2.19. The largest absolute Gasteiger partial charge is 0.416 e. The molecule has 0 saturated carbocycles. The molecule has 0 atom stereocenters. The van der Waals surface area contributed by atoms with Crippen LogP contribution in [0.5, 0.6) is 0 Å². The lowest BCUT2D eigenvalue weighted by molar-refractivity contribution is -0.137. The van der Waals surface area contributed by atoms with Gasteiger partial charge >= 0.3 is 6.18 Å². The van der Waals surface area contributed by atoms with Gasteiger partial charge < -0.3 is 5.32 Å². The maximum absolute atomic E-state index is 12.6. The third-order valence-electron chi connectivity index (χ3n) is 2.80. The molecule has 2 aromatic rings. The predicted molar refractivity (Wildman–Crippen MR) is 75.4 cm³/mol. The van der Waals surface area contributed by atoms with Crippen LogP contribution in [0.4, 0.5) is 19.0 Å². The molecule has 1 aromatic heterocycles. The molecule has 0 radical (unpaired) electrons. The van der Waals surface area contributed by atoms with Crippen molar-refractivity contribution in [2.75, 3.05) is 5.32 Å². The van der Waals surface area contributed by atoms with Crippen LogP contribution in [0.2, 0.25) is 0 Å². The first-order chi connectivity index (χ1) is 9.38. The number of pyridine rings is 1. The van der Waals surface area contributed by atoms with E-state index in [1.54, 1.807) is 12.3 Å². The monoisotopic (exact) mass is 344 g/mol. The molecule has 1 N–H and O–H groups in total. The Hall–Kier alpha value is -1.56. The fourth-order valence-electron chi connectivity index (χ4n) is 1.71. The maximum Gasteiger partial charge on any atom is 0.416 e. The Labute approximate surface area is 123 Å². The van der Waals surface area contributed by atoms with Gasteiger partial charge in [0.15, 0.2) is 0 Å². The zero-order chi connectivity index (χ0) is 14.8. The number of anilines is 1. The van der Waals surface area contributed by atoms with E-state index in [4.69, 9.17) is 0 Å². The van der Waals surface area contributed by atoms with Gasteiger partial charge in [-0.2, -0.15) is 13.2 Å².